The van der Waals surface area contributed by atoms with Gasteiger partial charge in [-0.1, -0.05) is 25.3 Å². The first-order valence-electron chi connectivity index (χ1n) is 3.88. The molecule has 2 nitrogen and oxygen atoms in total. The van der Waals surface area contributed by atoms with Crippen LogP contribution in [0.3, 0.4) is 0 Å². The van der Waals surface area contributed by atoms with Crippen molar-refractivity contribution in [1.29, 1.82) is 0 Å². The Morgan fingerprint density at radius 2 is 2.17 bits per heavy atom. The van der Waals surface area contributed by atoms with E-state index >= 15 is 0 Å². The zero-order valence-corrected chi connectivity index (χ0v) is 7.17. The third kappa shape index (κ3) is 1.47. The van der Waals surface area contributed by atoms with Crippen molar-refractivity contribution < 1.29 is 9.53 Å². The summed E-state index contributed by atoms with van der Waals surface area (Å²) in [5.74, 6) is -0.293. The van der Waals surface area contributed by atoms with Crippen molar-refractivity contribution >= 4 is 5.97 Å². The molecule has 1 aliphatic rings. The van der Waals surface area contributed by atoms with Crippen molar-refractivity contribution in [1.82, 2.24) is 0 Å². The molecule has 1 rings (SSSR count). The SMILES string of the molecule is C=CC1=C(C=C)C(=O)OC(C)C1. The Labute approximate surface area is 72.2 Å². The van der Waals surface area contributed by atoms with Crippen LogP contribution in [0.25, 0.3) is 0 Å². The maximum Gasteiger partial charge on any atom is 0.338 e. The first kappa shape index (κ1) is 8.78. The molecule has 1 unspecified atom stereocenters. The van der Waals surface area contributed by atoms with Crippen molar-refractivity contribution in [2.24, 2.45) is 0 Å². The predicted molar refractivity (Wildman–Crippen MR) is 47.6 cm³/mol. The quantitative estimate of drug-likeness (QED) is 0.583. The van der Waals surface area contributed by atoms with E-state index in [9.17, 15) is 4.79 Å². The van der Waals surface area contributed by atoms with Gasteiger partial charge >= 0.3 is 5.97 Å². The van der Waals surface area contributed by atoms with E-state index in [0.29, 0.717) is 5.57 Å². The highest BCUT2D eigenvalue weighted by Crippen LogP contribution is 2.22. The summed E-state index contributed by atoms with van der Waals surface area (Å²) in [5, 5.41) is 0. The zero-order chi connectivity index (χ0) is 9.14. The van der Waals surface area contributed by atoms with Crippen LogP contribution >= 0.6 is 0 Å². The molecule has 0 aromatic rings. The van der Waals surface area contributed by atoms with Gasteiger partial charge < -0.3 is 4.74 Å². The summed E-state index contributed by atoms with van der Waals surface area (Å²) in [6.45, 7) is 9.05. The van der Waals surface area contributed by atoms with Crippen LogP contribution in [-0.2, 0) is 9.53 Å². The van der Waals surface area contributed by atoms with E-state index in [1.54, 1.807) is 6.08 Å². The Balaban J connectivity index is 3.05. The van der Waals surface area contributed by atoms with Crippen molar-refractivity contribution in [3.05, 3.63) is 36.5 Å². The standard InChI is InChI=1S/C10H12O2/c1-4-8-6-7(3)12-10(11)9(8)5-2/h4-5,7H,1-2,6H2,3H3. The van der Waals surface area contributed by atoms with E-state index in [0.717, 1.165) is 12.0 Å². The van der Waals surface area contributed by atoms with Gasteiger partial charge in [0.15, 0.2) is 0 Å². The lowest BCUT2D eigenvalue weighted by molar-refractivity contribution is -0.144. The van der Waals surface area contributed by atoms with Gasteiger partial charge in [0.1, 0.15) is 6.10 Å². The summed E-state index contributed by atoms with van der Waals surface area (Å²) in [5.41, 5.74) is 1.47. The van der Waals surface area contributed by atoms with Crippen LogP contribution in [0.15, 0.2) is 36.5 Å². The largest absolute Gasteiger partial charge is 0.459 e. The van der Waals surface area contributed by atoms with E-state index in [-0.39, 0.29) is 12.1 Å². The molecule has 0 saturated carbocycles. The summed E-state index contributed by atoms with van der Waals surface area (Å²) < 4.78 is 5.01. The van der Waals surface area contributed by atoms with E-state index in [1.165, 1.54) is 6.08 Å². The van der Waals surface area contributed by atoms with Crippen LogP contribution in [0.2, 0.25) is 0 Å². The number of carbonyl (C=O) groups is 1. The van der Waals surface area contributed by atoms with Crippen LogP contribution in [0, 0.1) is 0 Å². The molecule has 64 valence electrons. The molecule has 0 aliphatic carbocycles. The Hall–Kier alpha value is -1.31. The Morgan fingerprint density at radius 3 is 2.67 bits per heavy atom. The van der Waals surface area contributed by atoms with Gasteiger partial charge in [0, 0.05) is 6.42 Å². The van der Waals surface area contributed by atoms with Gasteiger partial charge in [-0.25, -0.2) is 4.79 Å². The highest BCUT2D eigenvalue weighted by Gasteiger charge is 2.22. The number of ether oxygens (including phenoxy) is 1. The third-order valence-electron chi connectivity index (χ3n) is 1.83. The topological polar surface area (TPSA) is 26.3 Å². The lowest BCUT2D eigenvalue weighted by Crippen LogP contribution is -2.22. The van der Waals surface area contributed by atoms with Gasteiger partial charge in [0.25, 0.3) is 0 Å². The summed E-state index contributed by atoms with van der Waals surface area (Å²) in [6, 6.07) is 0. The second-order valence-corrected chi connectivity index (χ2v) is 2.77. The second-order valence-electron chi connectivity index (χ2n) is 2.77. The van der Waals surface area contributed by atoms with Crippen molar-refractivity contribution in [2.45, 2.75) is 19.4 Å². The van der Waals surface area contributed by atoms with Crippen molar-refractivity contribution in [2.75, 3.05) is 0 Å². The van der Waals surface area contributed by atoms with Gasteiger partial charge in [0.05, 0.1) is 5.57 Å². The third-order valence-corrected chi connectivity index (χ3v) is 1.83. The molecule has 0 bridgehead atoms. The molecule has 0 N–H and O–H groups in total. The smallest absolute Gasteiger partial charge is 0.338 e. The number of hydrogen-bond donors (Lipinski definition) is 0. The fourth-order valence-corrected chi connectivity index (χ4v) is 1.25. The van der Waals surface area contributed by atoms with Crippen LogP contribution in [0.5, 0.6) is 0 Å². The molecule has 0 amide bonds. The van der Waals surface area contributed by atoms with Gasteiger partial charge in [-0.3, -0.25) is 0 Å². The molecule has 0 radical (unpaired) electrons. The number of hydrogen-bond acceptors (Lipinski definition) is 2. The maximum atomic E-state index is 11.2. The Bertz CT molecular complexity index is 261. The first-order valence-corrected chi connectivity index (χ1v) is 3.88. The fourth-order valence-electron chi connectivity index (χ4n) is 1.25. The molecule has 0 aromatic heterocycles. The summed E-state index contributed by atoms with van der Waals surface area (Å²) >= 11 is 0. The number of allylic oxidation sites excluding steroid dienone is 1. The summed E-state index contributed by atoms with van der Waals surface area (Å²) in [4.78, 5) is 11.2. The predicted octanol–water partition coefficient (Wildman–Crippen LogP) is 1.99. The highest BCUT2D eigenvalue weighted by molar-refractivity contribution is 5.93. The van der Waals surface area contributed by atoms with Crippen molar-refractivity contribution in [3.8, 4) is 0 Å². The maximum absolute atomic E-state index is 11.2. The van der Waals surface area contributed by atoms with Crippen molar-refractivity contribution in [3.63, 3.8) is 0 Å². The van der Waals surface area contributed by atoms with E-state index in [2.05, 4.69) is 13.2 Å². The lowest BCUT2D eigenvalue weighted by Gasteiger charge is -2.21. The number of cyclic esters (lactones) is 1. The summed E-state index contributed by atoms with van der Waals surface area (Å²) in [7, 11) is 0. The monoisotopic (exact) mass is 164 g/mol. The number of rotatable bonds is 2. The van der Waals surface area contributed by atoms with Gasteiger partial charge in [0.2, 0.25) is 0 Å². The minimum absolute atomic E-state index is 0.0470. The average molecular weight is 164 g/mol. The first-order chi connectivity index (χ1) is 5.69. The minimum Gasteiger partial charge on any atom is -0.459 e. The molecule has 1 heterocycles. The molecular weight excluding hydrogens is 152 g/mol. The second kappa shape index (κ2) is 3.39. The van der Waals surface area contributed by atoms with Crippen LogP contribution in [0.1, 0.15) is 13.3 Å². The molecule has 2 heteroatoms. The van der Waals surface area contributed by atoms with Crippen LogP contribution in [0.4, 0.5) is 0 Å². The zero-order valence-electron chi connectivity index (χ0n) is 7.17. The Morgan fingerprint density at radius 1 is 1.50 bits per heavy atom. The van der Waals surface area contributed by atoms with Crippen LogP contribution < -0.4 is 0 Å². The van der Waals surface area contributed by atoms with Gasteiger partial charge in [-0.15, -0.1) is 0 Å². The van der Waals surface area contributed by atoms with Gasteiger partial charge in [-0.05, 0) is 12.5 Å². The highest BCUT2D eigenvalue weighted by atomic mass is 16.5. The molecular formula is C10H12O2. The molecule has 1 aliphatic heterocycles. The van der Waals surface area contributed by atoms with E-state index in [4.69, 9.17) is 4.74 Å². The molecule has 0 spiro atoms. The summed E-state index contributed by atoms with van der Waals surface area (Å²) in [6.07, 6.45) is 3.89. The van der Waals surface area contributed by atoms with Gasteiger partial charge in [-0.2, -0.15) is 0 Å². The molecule has 0 aromatic carbocycles. The normalized spacial score (nSPS) is 23.4. The number of carbonyl (C=O) groups excluding carboxylic acids is 1. The Kier molecular flexibility index (Phi) is 2.48. The molecule has 1 atom stereocenters. The minimum atomic E-state index is -0.293. The molecule has 0 saturated heterocycles. The van der Waals surface area contributed by atoms with Crippen LogP contribution in [-0.4, -0.2) is 12.1 Å². The average Bonchev–Trinajstić information content (AvgIpc) is 2.03. The molecule has 12 heavy (non-hydrogen) atoms. The lowest BCUT2D eigenvalue weighted by atomic mass is 10.00. The fraction of sp³-hybridized carbons (Fsp3) is 0.300. The van der Waals surface area contributed by atoms with E-state index < -0.39 is 0 Å². The molecule has 0 fully saturated rings. The van der Waals surface area contributed by atoms with E-state index in [1.807, 2.05) is 6.92 Å². The number of esters is 1.